The maximum absolute atomic E-state index is 12.4. The van der Waals surface area contributed by atoms with Gasteiger partial charge in [-0.25, -0.2) is 17.5 Å². The van der Waals surface area contributed by atoms with E-state index < -0.39 is 22.1 Å². The average Bonchev–Trinajstić information content (AvgIpc) is 2.35. The van der Waals surface area contributed by atoms with Crippen LogP contribution in [0, 0.1) is 6.92 Å². The Kier molecular flexibility index (Phi) is 5.27. The number of nitrogens with zero attached hydrogens (tertiary/aromatic N) is 1. The van der Waals surface area contributed by atoms with Crippen LogP contribution < -0.4 is 0 Å². The highest BCUT2D eigenvalue weighted by molar-refractivity contribution is 7.89. The summed E-state index contributed by atoms with van der Waals surface area (Å²) in [6.07, 6.45) is -0.285. The number of aliphatic hydroxyl groups excluding tert-OH is 1. The molecule has 1 aromatic rings. The SMILES string of the molecule is Cc1c(C(=O)O)cccc1S(=O)(=O)N(C)CCC(C)O. The van der Waals surface area contributed by atoms with Crippen molar-refractivity contribution in [3.8, 4) is 0 Å². The first kappa shape index (κ1) is 16.6. The van der Waals surface area contributed by atoms with Gasteiger partial charge in [0.05, 0.1) is 16.6 Å². The number of rotatable bonds is 6. The lowest BCUT2D eigenvalue weighted by molar-refractivity contribution is 0.0695. The summed E-state index contributed by atoms with van der Waals surface area (Å²) in [6, 6.07) is 4.16. The number of sulfonamides is 1. The van der Waals surface area contributed by atoms with Crippen molar-refractivity contribution < 1.29 is 23.4 Å². The largest absolute Gasteiger partial charge is 0.478 e. The summed E-state index contributed by atoms with van der Waals surface area (Å²) in [4.78, 5) is 11.0. The first-order chi connectivity index (χ1) is 9.17. The molecule has 7 heteroatoms. The molecule has 6 nitrogen and oxygen atoms in total. The van der Waals surface area contributed by atoms with Gasteiger partial charge in [0.2, 0.25) is 10.0 Å². The summed E-state index contributed by atoms with van der Waals surface area (Å²) in [5, 5.41) is 18.2. The van der Waals surface area contributed by atoms with Crippen LogP contribution in [0.1, 0.15) is 29.3 Å². The van der Waals surface area contributed by atoms with Gasteiger partial charge in [0.15, 0.2) is 0 Å². The number of benzene rings is 1. The molecule has 0 aliphatic carbocycles. The van der Waals surface area contributed by atoms with Crippen LogP contribution in [0.5, 0.6) is 0 Å². The van der Waals surface area contributed by atoms with Crippen LogP contribution in [-0.4, -0.2) is 48.6 Å². The molecule has 2 N–H and O–H groups in total. The van der Waals surface area contributed by atoms with Crippen molar-refractivity contribution in [3.63, 3.8) is 0 Å². The van der Waals surface area contributed by atoms with Crippen molar-refractivity contribution in [2.24, 2.45) is 0 Å². The zero-order chi connectivity index (χ0) is 15.5. The van der Waals surface area contributed by atoms with Crippen molar-refractivity contribution in [1.29, 1.82) is 0 Å². The van der Waals surface area contributed by atoms with Crippen LogP contribution in [0.3, 0.4) is 0 Å². The molecule has 0 saturated carbocycles. The van der Waals surface area contributed by atoms with Crippen LogP contribution in [0.2, 0.25) is 0 Å². The number of carbonyl (C=O) groups is 1. The quantitative estimate of drug-likeness (QED) is 0.820. The van der Waals surface area contributed by atoms with Gasteiger partial charge in [-0.3, -0.25) is 0 Å². The molecule has 0 saturated heterocycles. The van der Waals surface area contributed by atoms with Gasteiger partial charge in [-0.1, -0.05) is 6.07 Å². The minimum atomic E-state index is -3.76. The molecule has 0 radical (unpaired) electrons. The van der Waals surface area contributed by atoms with E-state index in [1.165, 1.54) is 32.2 Å². The van der Waals surface area contributed by atoms with Gasteiger partial charge in [0.1, 0.15) is 0 Å². The molecular formula is C13H19NO5S. The van der Waals surface area contributed by atoms with Gasteiger partial charge in [-0.2, -0.15) is 0 Å². The summed E-state index contributed by atoms with van der Waals surface area (Å²) in [7, 11) is -2.36. The third kappa shape index (κ3) is 3.56. The Balaban J connectivity index is 3.16. The standard InChI is InChI=1S/C13H19NO5S/c1-9(15)7-8-14(3)20(18,19)12-6-4-5-11(10(12)2)13(16)17/h4-6,9,15H,7-8H2,1-3H3,(H,16,17). The van der Waals surface area contributed by atoms with Gasteiger partial charge in [-0.05, 0) is 38.0 Å². The minimum absolute atomic E-state index is 0.0227. The predicted octanol–water partition coefficient (Wildman–Crippen LogP) is 1.08. The zero-order valence-electron chi connectivity index (χ0n) is 11.7. The molecular weight excluding hydrogens is 282 g/mol. The summed E-state index contributed by atoms with van der Waals surface area (Å²) >= 11 is 0. The number of carboxylic acid groups (broad SMARTS) is 1. The van der Waals surface area contributed by atoms with Crippen molar-refractivity contribution in [2.75, 3.05) is 13.6 Å². The number of aliphatic hydroxyl groups is 1. The molecule has 0 heterocycles. The Morgan fingerprint density at radius 2 is 2.00 bits per heavy atom. The second-order valence-electron chi connectivity index (χ2n) is 4.70. The molecule has 0 spiro atoms. The number of hydrogen-bond donors (Lipinski definition) is 2. The van der Waals surface area contributed by atoms with E-state index in [4.69, 9.17) is 5.11 Å². The predicted molar refractivity (Wildman–Crippen MR) is 74.3 cm³/mol. The van der Waals surface area contributed by atoms with E-state index in [9.17, 15) is 18.3 Å². The lowest BCUT2D eigenvalue weighted by atomic mass is 10.1. The summed E-state index contributed by atoms with van der Waals surface area (Å²) in [6.45, 7) is 3.21. The monoisotopic (exact) mass is 301 g/mol. The van der Waals surface area contributed by atoms with Crippen molar-refractivity contribution in [1.82, 2.24) is 4.31 Å². The number of aromatic carboxylic acids is 1. The molecule has 0 bridgehead atoms. The van der Waals surface area contributed by atoms with E-state index in [1.807, 2.05) is 0 Å². The van der Waals surface area contributed by atoms with Gasteiger partial charge >= 0.3 is 5.97 Å². The van der Waals surface area contributed by atoms with E-state index in [0.29, 0.717) is 6.42 Å². The van der Waals surface area contributed by atoms with E-state index >= 15 is 0 Å². The molecule has 0 amide bonds. The van der Waals surface area contributed by atoms with Crippen molar-refractivity contribution in [3.05, 3.63) is 29.3 Å². The Morgan fingerprint density at radius 1 is 1.40 bits per heavy atom. The summed E-state index contributed by atoms with van der Waals surface area (Å²) in [5.74, 6) is -1.16. The smallest absolute Gasteiger partial charge is 0.335 e. The molecule has 0 fully saturated rings. The van der Waals surface area contributed by atoms with Gasteiger partial charge < -0.3 is 10.2 Å². The summed E-state index contributed by atoms with van der Waals surface area (Å²) in [5.41, 5.74) is 0.180. The lowest BCUT2D eigenvalue weighted by Gasteiger charge is -2.19. The molecule has 1 unspecified atom stereocenters. The maximum atomic E-state index is 12.4. The van der Waals surface area contributed by atoms with Crippen LogP contribution >= 0.6 is 0 Å². The highest BCUT2D eigenvalue weighted by atomic mass is 32.2. The fourth-order valence-electron chi connectivity index (χ4n) is 1.78. The fraction of sp³-hybridized carbons (Fsp3) is 0.462. The molecule has 1 aromatic carbocycles. The zero-order valence-corrected chi connectivity index (χ0v) is 12.5. The molecule has 1 rings (SSSR count). The van der Waals surface area contributed by atoms with E-state index in [0.717, 1.165) is 4.31 Å². The Labute approximate surface area is 118 Å². The first-order valence-corrected chi connectivity index (χ1v) is 7.59. The fourth-order valence-corrected chi connectivity index (χ4v) is 3.21. The molecule has 0 aliphatic heterocycles. The first-order valence-electron chi connectivity index (χ1n) is 6.15. The molecule has 20 heavy (non-hydrogen) atoms. The lowest BCUT2D eigenvalue weighted by Crippen LogP contribution is -2.30. The molecule has 1 atom stereocenters. The van der Waals surface area contributed by atoms with Crippen LogP contribution in [0.15, 0.2) is 23.1 Å². The van der Waals surface area contributed by atoms with Gasteiger partial charge in [0, 0.05) is 13.6 Å². The second kappa shape index (κ2) is 6.34. The van der Waals surface area contributed by atoms with E-state index in [2.05, 4.69) is 0 Å². The minimum Gasteiger partial charge on any atom is -0.478 e. The molecule has 0 aliphatic rings. The number of carboxylic acids is 1. The highest BCUT2D eigenvalue weighted by Crippen LogP contribution is 2.22. The summed E-state index contributed by atoms with van der Waals surface area (Å²) < 4.78 is 25.9. The third-order valence-electron chi connectivity index (χ3n) is 3.06. The third-order valence-corrected chi connectivity index (χ3v) is 5.07. The van der Waals surface area contributed by atoms with Crippen LogP contribution in [-0.2, 0) is 10.0 Å². The number of hydrogen-bond acceptors (Lipinski definition) is 4. The second-order valence-corrected chi connectivity index (χ2v) is 6.71. The highest BCUT2D eigenvalue weighted by Gasteiger charge is 2.25. The van der Waals surface area contributed by atoms with Gasteiger partial charge in [0.25, 0.3) is 0 Å². The van der Waals surface area contributed by atoms with Crippen molar-refractivity contribution in [2.45, 2.75) is 31.3 Å². The Hall–Kier alpha value is -1.44. The Bertz CT molecular complexity index is 595. The van der Waals surface area contributed by atoms with Crippen LogP contribution in [0.25, 0.3) is 0 Å². The topological polar surface area (TPSA) is 94.9 Å². The van der Waals surface area contributed by atoms with Gasteiger partial charge in [-0.15, -0.1) is 0 Å². The Morgan fingerprint density at radius 3 is 2.50 bits per heavy atom. The molecule has 112 valence electrons. The van der Waals surface area contributed by atoms with E-state index in [1.54, 1.807) is 6.92 Å². The van der Waals surface area contributed by atoms with Crippen molar-refractivity contribution >= 4 is 16.0 Å². The maximum Gasteiger partial charge on any atom is 0.335 e. The van der Waals surface area contributed by atoms with E-state index in [-0.39, 0.29) is 22.6 Å². The van der Waals surface area contributed by atoms with Crippen LogP contribution in [0.4, 0.5) is 0 Å². The molecule has 0 aromatic heterocycles. The normalized spacial score (nSPS) is 13.4. The average molecular weight is 301 g/mol.